The lowest BCUT2D eigenvalue weighted by Crippen LogP contribution is -2.26. The van der Waals surface area contributed by atoms with Gasteiger partial charge in [-0.2, -0.15) is 0 Å². The van der Waals surface area contributed by atoms with E-state index in [2.05, 4.69) is 21.4 Å². The van der Waals surface area contributed by atoms with Crippen LogP contribution < -0.4 is 0 Å². The quantitative estimate of drug-likeness (QED) is 0.661. The third-order valence-corrected chi connectivity index (χ3v) is 6.59. The first-order valence-corrected chi connectivity index (χ1v) is 10.5. The Bertz CT molecular complexity index is 1070. The third-order valence-electron chi connectivity index (χ3n) is 4.81. The van der Waals surface area contributed by atoms with E-state index >= 15 is 0 Å². The second kappa shape index (κ2) is 6.83. The molecule has 1 amide bonds. The monoisotopic (exact) mass is 392 g/mol. The van der Waals surface area contributed by atoms with Gasteiger partial charge in [0.15, 0.2) is 0 Å². The summed E-state index contributed by atoms with van der Waals surface area (Å²) in [6.07, 6.45) is 6.41. The molecule has 0 bridgehead atoms. The van der Waals surface area contributed by atoms with Crippen LogP contribution in [0.1, 0.15) is 26.6 Å². The van der Waals surface area contributed by atoms with Crippen molar-refractivity contribution in [2.45, 2.75) is 13.0 Å². The molecule has 5 nitrogen and oxygen atoms in total. The minimum atomic E-state index is 0.103. The van der Waals surface area contributed by atoms with Gasteiger partial charge in [-0.1, -0.05) is 12.1 Å². The molecule has 0 unspecified atom stereocenters. The number of carbonyl (C=O) groups excluding carboxylic acids is 1. The van der Waals surface area contributed by atoms with Crippen molar-refractivity contribution >= 4 is 40.4 Å². The van der Waals surface area contributed by atoms with Crippen LogP contribution in [-0.4, -0.2) is 40.1 Å². The van der Waals surface area contributed by atoms with Gasteiger partial charge in [0.2, 0.25) is 0 Å². The molecule has 0 atom stereocenters. The van der Waals surface area contributed by atoms with Gasteiger partial charge in [0, 0.05) is 59.4 Å². The Morgan fingerprint density at radius 1 is 1.15 bits per heavy atom. The highest BCUT2D eigenvalue weighted by atomic mass is 32.1. The molecule has 7 heteroatoms. The molecule has 0 aliphatic carbocycles. The van der Waals surface area contributed by atoms with Crippen LogP contribution in [0.5, 0.6) is 0 Å². The Balaban J connectivity index is 1.31. The van der Waals surface area contributed by atoms with Crippen LogP contribution >= 0.6 is 22.7 Å². The van der Waals surface area contributed by atoms with Crippen molar-refractivity contribution in [2.75, 3.05) is 13.1 Å². The van der Waals surface area contributed by atoms with E-state index in [4.69, 9.17) is 4.98 Å². The highest BCUT2D eigenvalue weighted by Gasteiger charge is 2.29. The number of rotatable bonds is 5. The predicted octanol–water partition coefficient (Wildman–Crippen LogP) is 3.93. The van der Waals surface area contributed by atoms with Gasteiger partial charge in [0.05, 0.1) is 12.2 Å². The van der Waals surface area contributed by atoms with E-state index < -0.39 is 0 Å². The number of hydrogen-bond acceptors (Lipinski definition) is 6. The van der Waals surface area contributed by atoms with Crippen molar-refractivity contribution in [2.24, 2.45) is 4.99 Å². The predicted molar refractivity (Wildman–Crippen MR) is 109 cm³/mol. The number of fused-ring (bicyclic) bond motifs is 1. The highest BCUT2D eigenvalue weighted by Crippen LogP contribution is 2.33. The molecule has 2 aliphatic heterocycles. The Morgan fingerprint density at radius 2 is 2.07 bits per heavy atom. The molecule has 0 fully saturated rings. The van der Waals surface area contributed by atoms with Crippen LogP contribution in [0.25, 0.3) is 16.1 Å². The summed E-state index contributed by atoms with van der Waals surface area (Å²) in [5.41, 5.74) is 5.16. The topological polar surface area (TPSA) is 58.5 Å². The summed E-state index contributed by atoms with van der Waals surface area (Å²) < 4.78 is 0. The Kier molecular flexibility index (Phi) is 4.18. The Labute approximate surface area is 164 Å². The summed E-state index contributed by atoms with van der Waals surface area (Å²) in [6, 6.07) is 5.92. The van der Waals surface area contributed by atoms with Crippen LogP contribution in [0.3, 0.4) is 0 Å². The van der Waals surface area contributed by atoms with Gasteiger partial charge in [-0.05, 0) is 17.7 Å². The lowest BCUT2D eigenvalue weighted by molar-refractivity contribution is 0.0780. The van der Waals surface area contributed by atoms with Crippen molar-refractivity contribution in [3.8, 4) is 10.6 Å². The van der Waals surface area contributed by atoms with E-state index in [0.29, 0.717) is 19.6 Å². The molecule has 4 heterocycles. The molecule has 3 aromatic rings. The van der Waals surface area contributed by atoms with Crippen molar-refractivity contribution in [3.05, 3.63) is 63.1 Å². The first-order chi connectivity index (χ1) is 13.3. The van der Waals surface area contributed by atoms with Gasteiger partial charge in [-0.3, -0.25) is 9.79 Å². The van der Waals surface area contributed by atoms with Gasteiger partial charge in [0.1, 0.15) is 10.0 Å². The fourth-order valence-electron chi connectivity index (χ4n) is 3.43. The summed E-state index contributed by atoms with van der Waals surface area (Å²) in [4.78, 5) is 28.1. The SMILES string of the molecule is O=C1c2cccc(-c3nccs3)c2CN1CCc1csc(C2=CC=NC2)n1. The second-order valence-corrected chi connectivity index (χ2v) is 8.22. The maximum atomic E-state index is 12.8. The fraction of sp³-hybridized carbons (Fsp3) is 0.200. The maximum Gasteiger partial charge on any atom is 0.254 e. The third kappa shape index (κ3) is 3.02. The smallest absolute Gasteiger partial charge is 0.254 e. The lowest BCUT2D eigenvalue weighted by Gasteiger charge is -2.14. The van der Waals surface area contributed by atoms with Crippen LogP contribution in [-0.2, 0) is 13.0 Å². The Hall–Kier alpha value is -2.64. The number of aliphatic imine (C=N–C) groups is 1. The maximum absolute atomic E-state index is 12.8. The van der Waals surface area contributed by atoms with Gasteiger partial charge >= 0.3 is 0 Å². The van der Waals surface area contributed by atoms with Crippen molar-refractivity contribution in [3.63, 3.8) is 0 Å². The number of aromatic nitrogens is 2. The van der Waals surface area contributed by atoms with Gasteiger partial charge in [0.25, 0.3) is 5.91 Å². The van der Waals surface area contributed by atoms with Crippen LogP contribution in [0.2, 0.25) is 0 Å². The van der Waals surface area contributed by atoms with Gasteiger partial charge < -0.3 is 4.90 Å². The lowest BCUT2D eigenvalue weighted by atomic mass is 10.0. The molecule has 0 saturated heterocycles. The molecule has 0 N–H and O–H groups in total. The van der Waals surface area contributed by atoms with Crippen molar-refractivity contribution < 1.29 is 4.79 Å². The number of allylic oxidation sites excluding steroid dienone is 1. The molecule has 1 aromatic carbocycles. The average molecular weight is 393 g/mol. The molecular weight excluding hydrogens is 376 g/mol. The number of thiazole rings is 2. The zero-order valence-corrected chi connectivity index (χ0v) is 16.1. The second-order valence-electron chi connectivity index (χ2n) is 6.47. The average Bonchev–Trinajstić information content (AvgIpc) is 3.46. The number of carbonyl (C=O) groups is 1. The van der Waals surface area contributed by atoms with Gasteiger partial charge in [-0.25, -0.2) is 9.97 Å². The molecule has 2 aliphatic rings. The van der Waals surface area contributed by atoms with Crippen molar-refractivity contribution in [1.29, 1.82) is 0 Å². The first kappa shape index (κ1) is 16.5. The number of hydrogen-bond donors (Lipinski definition) is 0. The van der Waals surface area contributed by atoms with E-state index in [1.54, 1.807) is 28.9 Å². The van der Waals surface area contributed by atoms with Crippen LogP contribution in [0.15, 0.2) is 46.2 Å². The highest BCUT2D eigenvalue weighted by molar-refractivity contribution is 7.13. The number of amides is 1. The molecule has 0 spiro atoms. The molecule has 134 valence electrons. The zero-order valence-electron chi connectivity index (χ0n) is 14.5. The minimum Gasteiger partial charge on any atom is -0.334 e. The minimum absolute atomic E-state index is 0.103. The molecule has 5 rings (SSSR count). The van der Waals surface area contributed by atoms with E-state index in [9.17, 15) is 4.79 Å². The van der Waals surface area contributed by atoms with Crippen molar-refractivity contribution in [1.82, 2.24) is 14.9 Å². The molecule has 0 radical (unpaired) electrons. The molecule has 27 heavy (non-hydrogen) atoms. The van der Waals surface area contributed by atoms with E-state index in [-0.39, 0.29) is 5.91 Å². The van der Waals surface area contributed by atoms with Gasteiger partial charge in [-0.15, -0.1) is 22.7 Å². The largest absolute Gasteiger partial charge is 0.334 e. The Morgan fingerprint density at radius 3 is 2.89 bits per heavy atom. The fourth-order valence-corrected chi connectivity index (χ4v) is 4.99. The van der Waals surface area contributed by atoms with E-state index in [0.717, 1.165) is 38.8 Å². The zero-order chi connectivity index (χ0) is 18.2. The van der Waals surface area contributed by atoms with E-state index in [1.165, 1.54) is 5.57 Å². The standard InChI is InChI=1S/C20H16N4OS2/c25-20-16-3-1-2-15(19-22-7-9-26-19)17(16)11-24(20)8-5-14-12-27-18(23-14)13-4-6-21-10-13/h1-4,6-7,9,12H,5,8,10-11H2. The van der Waals surface area contributed by atoms with Crippen LogP contribution in [0, 0.1) is 0 Å². The van der Waals surface area contributed by atoms with Crippen LogP contribution in [0.4, 0.5) is 0 Å². The van der Waals surface area contributed by atoms with E-state index in [1.807, 2.05) is 34.7 Å². The number of benzene rings is 1. The number of nitrogens with zero attached hydrogens (tertiary/aromatic N) is 4. The molecular formula is C20H16N4OS2. The summed E-state index contributed by atoms with van der Waals surface area (Å²) in [5, 5.41) is 6.05. The molecule has 0 saturated carbocycles. The summed E-state index contributed by atoms with van der Waals surface area (Å²) in [7, 11) is 0. The summed E-state index contributed by atoms with van der Waals surface area (Å²) >= 11 is 3.25. The summed E-state index contributed by atoms with van der Waals surface area (Å²) in [6.45, 7) is 2.02. The summed E-state index contributed by atoms with van der Waals surface area (Å²) in [5.74, 6) is 0.103. The first-order valence-electron chi connectivity index (χ1n) is 8.74. The molecule has 2 aromatic heterocycles. The normalized spacial score (nSPS) is 15.5.